The molecule has 1 aromatic carbocycles. The van der Waals surface area contributed by atoms with Gasteiger partial charge >= 0.3 is 0 Å². The molecular weight excluding hydrogens is 232 g/mol. The zero-order valence-corrected chi connectivity index (χ0v) is 11.0. The van der Waals surface area contributed by atoms with Crippen LogP contribution in [0.4, 0.5) is 0 Å². The first-order valence-electron chi connectivity index (χ1n) is 5.87. The number of rotatable bonds is 6. The molecule has 0 fully saturated rings. The maximum Gasteiger partial charge on any atom is 0.251 e. The summed E-state index contributed by atoms with van der Waals surface area (Å²) < 4.78 is 10.2. The van der Waals surface area contributed by atoms with Crippen molar-refractivity contribution in [3.63, 3.8) is 0 Å². The van der Waals surface area contributed by atoms with Gasteiger partial charge in [0.2, 0.25) is 0 Å². The molecule has 1 aromatic rings. The lowest BCUT2D eigenvalue weighted by molar-refractivity contribution is 0.0950. The van der Waals surface area contributed by atoms with E-state index in [2.05, 4.69) is 5.32 Å². The van der Waals surface area contributed by atoms with E-state index in [9.17, 15) is 4.79 Å². The van der Waals surface area contributed by atoms with Crippen LogP contribution < -0.4 is 20.5 Å². The van der Waals surface area contributed by atoms with Gasteiger partial charge in [-0.05, 0) is 18.6 Å². The summed E-state index contributed by atoms with van der Waals surface area (Å²) in [5, 5.41) is 2.78. The van der Waals surface area contributed by atoms with Crippen molar-refractivity contribution in [2.75, 3.05) is 20.8 Å². The molecule has 0 aliphatic rings. The fourth-order valence-corrected chi connectivity index (χ4v) is 1.41. The van der Waals surface area contributed by atoms with Gasteiger partial charge in [-0.2, -0.15) is 0 Å². The van der Waals surface area contributed by atoms with Crippen molar-refractivity contribution in [1.29, 1.82) is 0 Å². The number of nitrogens with one attached hydrogen (secondary N) is 1. The van der Waals surface area contributed by atoms with Gasteiger partial charge in [-0.25, -0.2) is 0 Å². The summed E-state index contributed by atoms with van der Waals surface area (Å²) in [5.74, 6) is 0.981. The highest BCUT2D eigenvalue weighted by Gasteiger charge is 2.10. The minimum Gasteiger partial charge on any atom is -0.497 e. The van der Waals surface area contributed by atoms with Crippen LogP contribution in [-0.2, 0) is 0 Å². The molecule has 0 spiro atoms. The van der Waals surface area contributed by atoms with E-state index in [0.717, 1.165) is 6.42 Å². The second-order valence-electron chi connectivity index (χ2n) is 3.98. The third-order valence-electron chi connectivity index (χ3n) is 2.66. The summed E-state index contributed by atoms with van der Waals surface area (Å²) in [6.07, 6.45) is 0.821. The van der Waals surface area contributed by atoms with Gasteiger partial charge in [0.25, 0.3) is 5.91 Å². The van der Waals surface area contributed by atoms with Crippen molar-refractivity contribution in [1.82, 2.24) is 5.32 Å². The quantitative estimate of drug-likeness (QED) is 0.797. The molecule has 0 aliphatic carbocycles. The number of carbonyl (C=O) groups excluding carboxylic acids is 1. The average molecular weight is 252 g/mol. The molecule has 5 nitrogen and oxygen atoms in total. The first-order valence-corrected chi connectivity index (χ1v) is 5.87. The standard InChI is InChI=1S/C13H20N2O3/c1-4-10(14)8-15-13(16)9-5-11(17-2)7-12(6-9)18-3/h5-7,10H,4,8,14H2,1-3H3,(H,15,16). The van der Waals surface area contributed by atoms with Crippen molar-refractivity contribution < 1.29 is 14.3 Å². The molecule has 0 radical (unpaired) electrons. The van der Waals surface area contributed by atoms with Crippen LogP contribution in [0.5, 0.6) is 11.5 Å². The van der Waals surface area contributed by atoms with E-state index in [-0.39, 0.29) is 11.9 Å². The van der Waals surface area contributed by atoms with E-state index < -0.39 is 0 Å². The third-order valence-corrected chi connectivity index (χ3v) is 2.66. The number of hydrogen-bond acceptors (Lipinski definition) is 4. The van der Waals surface area contributed by atoms with Crippen LogP contribution in [0.25, 0.3) is 0 Å². The average Bonchev–Trinajstić information content (AvgIpc) is 2.43. The van der Waals surface area contributed by atoms with Gasteiger partial charge < -0.3 is 20.5 Å². The molecular formula is C13H20N2O3. The maximum absolute atomic E-state index is 11.9. The third kappa shape index (κ3) is 3.92. The van der Waals surface area contributed by atoms with E-state index in [4.69, 9.17) is 15.2 Å². The molecule has 3 N–H and O–H groups in total. The fourth-order valence-electron chi connectivity index (χ4n) is 1.41. The van der Waals surface area contributed by atoms with Gasteiger partial charge in [0, 0.05) is 24.2 Å². The van der Waals surface area contributed by atoms with Crippen molar-refractivity contribution in [3.05, 3.63) is 23.8 Å². The Morgan fingerprint density at radius 1 is 1.28 bits per heavy atom. The molecule has 0 saturated heterocycles. The lowest BCUT2D eigenvalue weighted by atomic mass is 10.1. The fraction of sp³-hybridized carbons (Fsp3) is 0.462. The predicted molar refractivity (Wildman–Crippen MR) is 70.1 cm³/mol. The van der Waals surface area contributed by atoms with E-state index in [1.54, 1.807) is 32.4 Å². The molecule has 0 aromatic heterocycles. The first-order chi connectivity index (χ1) is 8.60. The Morgan fingerprint density at radius 2 is 1.83 bits per heavy atom. The van der Waals surface area contributed by atoms with Gasteiger partial charge in [0.1, 0.15) is 11.5 Å². The van der Waals surface area contributed by atoms with Crippen LogP contribution in [0.15, 0.2) is 18.2 Å². The first kappa shape index (κ1) is 14.3. The second-order valence-corrected chi connectivity index (χ2v) is 3.98. The summed E-state index contributed by atoms with van der Waals surface area (Å²) in [6.45, 7) is 2.43. The SMILES string of the molecule is CCC(N)CNC(=O)c1cc(OC)cc(OC)c1. The van der Waals surface area contributed by atoms with Crippen LogP contribution in [-0.4, -0.2) is 32.7 Å². The lowest BCUT2D eigenvalue weighted by Gasteiger charge is -2.12. The summed E-state index contributed by atoms with van der Waals surface area (Å²) in [4.78, 5) is 11.9. The number of carbonyl (C=O) groups is 1. The summed E-state index contributed by atoms with van der Waals surface area (Å²) in [6, 6.07) is 5.01. The van der Waals surface area contributed by atoms with Crippen LogP contribution >= 0.6 is 0 Å². The van der Waals surface area contributed by atoms with Crippen molar-refractivity contribution in [2.24, 2.45) is 5.73 Å². The molecule has 18 heavy (non-hydrogen) atoms. The maximum atomic E-state index is 11.9. The molecule has 5 heteroatoms. The highest BCUT2D eigenvalue weighted by Crippen LogP contribution is 2.22. The Kier molecular flexibility index (Phi) is 5.45. The zero-order chi connectivity index (χ0) is 13.5. The number of amides is 1. The number of hydrogen-bond donors (Lipinski definition) is 2. The lowest BCUT2D eigenvalue weighted by Crippen LogP contribution is -2.36. The van der Waals surface area contributed by atoms with Gasteiger partial charge in [-0.1, -0.05) is 6.92 Å². The largest absolute Gasteiger partial charge is 0.497 e. The Hall–Kier alpha value is -1.75. The predicted octanol–water partition coefficient (Wildman–Crippen LogP) is 1.17. The van der Waals surface area contributed by atoms with Crippen molar-refractivity contribution >= 4 is 5.91 Å². The van der Waals surface area contributed by atoms with E-state index in [1.807, 2.05) is 6.92 Å². The molecule has 0 saturated carbocycles. The molecule has 1 atom stereocenters. The van der Waals surface area contributed by atoms with Gasteiger partial charge in [0.05, 0.1) is 14.2 Å². The topological polar surface area (TPSA) is 73.6 Å². The number of nitrogens with two attached hydrogens (primary N) is 1. The zero-order valence-electron chi connectivity index (χ0n) is 11.0. The smallest absolute Gasteiger partial charge is 0.251 e. The molecule has 1 rings (SSSR count). The van der Waals surface area contributed by atoms with E-state index in [1.165, 1.54) is 0 Å². The normalized spacial score (nSPS) is 11.8. The van der Waals surface area contributed by atoms with Crippen LogP contribution in [0, 0.1) is 0 Å². The van der Waals surface area contributed by atoms with Crippen molar-refractivity contribution in [2.45, 2.75) is 19.4 Å². The van der Waals surface area contributed by atoms with Gasteiger partial charge in [-0.3, -0.25) is 4.79 Å². The highest BCUT2D eigenvalue weighted by molar-refractivity contribution is 5.95. The second kappa shape index (κ2) is 6.86. The van der Waals surface area contributed by atoms with Gasteiger partial charge in [-0.15, -0.1) is 0 Å². The summed E-state index contributed by atoms with van der Waals surface area (Å²) >= 11 is 0. The minimum atomic E-state index is -0.184. The molecule has 100 valence electrons. The Bertz CT molecular complexity index is 385. The molecule has 1 unspecified atom stereocenters. The Morgan fingerprint density at radius 3 is 2.28 bits per heavy atom. The summed E-state index contributed by atoms with van der Waals surface area (Å²) in [5.41, 5.74) is 6.24. The molecule has 0 bridgehead atoms. The van der Waals surface area contributed by atoms with Crippen molar-refractivity contribution in [3.8, 4) is 11.5 Å². The Labute approximate surface area is 107 Å². The Balaban J connectivity index is 2.78. The number of ether oxygens (including phenoxy) is 2. The molecule has 0 heterocycles. The highest BCUT2D eigenvalue weighted by atomic mass is 16.5. The van der Waals surface area contributed by atoms with Crippen LogP contribution in [0.1, 0.15) is 23.7 Å². The molecule has 1 amide bonds. The van der Waals surface area contributed by atoms with E-state index in [0.29, 0.717) is 23.6 Å². The van der Waals surface area contributed by atoms with E-state index >= 15 is 0 Å². The monoisotopic (exact) mass is 252 g/mol. The molecule has 0 aliphatic heterocycles. The summed E-state index contributed by atoms with van der Waals surface area (Å²) in [7, 11) is 3.09. The van der Waals surface area contributed by atoms with Crippen LogP contribution in [0.3, 0.4) is 0 Å². The van der Waals surface area contributed by atoms with Crippen LogP contribution in [0.2, 0.25) is 0 Å². The number of benzene rings is 1. The number of methoxy groups -OCH3 is 2. The minimum absolute atomic E-state index is 0.0264. The van der Waals surface area contributed by atoms with Gasteiger partial charge in [0.15, 0.2) is 0 Å².